The first-order valence-electron chi connectivity index (χ1n) is 5.14. The van der Waals surface area contributed by atoms with Crippen molar-refractivity contribution in [3.05, 3.63) is 56.2 Å². The van der Waals surface area contributed by atoms with Crippen LogP contribution in [0, 0.1) is 6.92 Å². The largest absolute Gasteiger partial charge is 0.388 e. The van der Waals surface area contributed by atoms with Crippen molar-refractivity contribution >= 4 is 27.3 Å². The maximum Gasteiger partial charge on any atom is 0.0841 e. The molecular formula is C13H13BrOS. The van der Waals surface area contributed by atoms with Gasteiger partial charge in [-0.2, -0.15) is 0 Å². The Labute approximate surface area is 108 Å². The van der Waals surface area contributed by atoms with E-state index in [1.165, 1.54) is 4.88 Å². The number of halogens is 1. The molecule has 0 aliphatic rings. The molecule has 84 valence electrons. The molecule has 2 rings (SSSR count). The highest BCUT2D eigenvalue weighted by Gasteiger charge is 2.12. The van der Waals surface area contributed by atoms with Gasteiger partial charge in [-0.1, -0.05) is 34.1 Å². The van der Waals surface area contributed by atoms with E-state index in [9.17, 15) is 5.11 Å². The molecule has 1 aromatic heterocycles. The highest BCUT2D eigenvalue weighted by atomic mass is 79.9. The summed E-state index contributed by atoms with van der Waals surface area (Å²) in [5.74, 6) is 0. The first-order chi connectivity index (χ1) is 7.68. The summed E-state index contributed by atoms with van der Waals surface area (Å²) >= 11 is 5.17. The van der Waals surface area contributed by atoms with Crippen molar-refractivity contribution in [1.82, 2.24) is 0 Å². The molecule has 1 aromatic carbocycles. The summed E-state index contributed by atoms with van der Waals surface area (Å²) in [6.07, 6.45) is 0.269. The van der Waals surface area contributed by atoms with Crippen molar-refractivity contribution in [3.63, 3.8) is 0 Å². The second-order valence-corrected chi connectivity index (χ2v) is 5.64. The number of hydrogen-bond donors (Lipinski definition) is 1. The molecule has 16 heavy (non-hydrogen) atoms. The molecule has 1 N–H and O–H groups in total. The van der Waals surface area contributed by atoms with Crippen LogP contribution in [0.25, 0.3) is 0 Å². The standard InChI is InChI=1S/C13H13BrOS/c1-9-11(5-2-6-12(9)14)13(15)8-10-4-3-7-16-10/h2-7,13,15H,8H2,1H3. The van der Waals surface area contributed by atoms with E-state index in [4.69, 9.17) is 0 Å². The molecule has 0 bridgehead atoms. The van der Waals surface area contributed by atoms with Gasteiger partial charge in [0.25, 0.3) is 0 Å². The van der Waals surface area contributed by atoms with Crippen LogP contribution >= 0.6 is 27.3 Å². The zero-order chi connectivity index (χ0) is 11.5. The van der Waals surface area contributed by atoms with Gasteiger partial charge in [0, 0.05) is 15.8 Å². The maximum absolute atomic E-state index is 10.2. The van der Waals surface area contributed by atoms with Crippen LogP contribution in [-0.4, -0.2) is 5.11 Å². The van der Waals surface area contributed by atoms with Crippen molar-refractivity contribution in [1.29, 1.82) is 0 Å². The summed E-state index contributed by atoms with van der Waals surface area (Å²) in [5.41, 5.74) is 2.12. The van der Waals surface area contributed by atoms with Crippen LogP contribution in [0.5, 0.6) is 0 Å². The van der Waals surface area contributed by atoms with Crippen LogP contribution < -0.4 is 0 Å². The van der Waals surface area contributed by atoms with Crippen LogP contribution in [-0.2, 0) is 6.42 Å². The number of thiophene rings is 1. The Hall–Kier alpha value is -0.640. The van der Waals surface area contributed by atoms with E-state index in [1.54, 1.807) is 11.3 Å². The van der Waals surface area contributed by atoms with Gasteiger partial charge in [-0.3, -0.25) is 0 Å². The van der Waals surface area contributed by atoms with Gasteiger partial charge >= 0.3 is 0 Å². The molecular weight excluding hydrogens is 284 g/mol. The van der Waals surface area contributed by atoms with Crippen molar-refractivity contribution in [2.75, 3.05) is 0 Å². The Balaban J connectivity index is 2.21. The van der Waals surface area contributed by atoms with Crippen LogP contribution in [0.4, 0.5) is 0 Å². The Morgan fingerprint density at radius 2 is 2.12 bits per heavy atom. The third-order valence-corrected chi connectivity index (χ3v) is 4.40. The molecule has 0 fully saturated rings. The normalized spacial score (nSPS) is 12.7. The SMILES string of the molecule is Cc1c(Br)cccc1C(O)Cc1cccs1. The molecule has 1 nitrogen and oxygen atoms in total. The summed E-state index contributed by atoms with van der Waals surface area (Å²) in [4.78, 5) is 1.21. The molecule has 0 aliphatic carbocycles. The third kappa shape index (κ3) is 2.54. The highest BCUT2D eigenvalue weighted by Crippen LogP contribution is 2.27. The lowest BCUT2D eigenvalue weighted by atomic mass is 10.0. The van der Waals surface area contributed by atoms with Gasteiger partial charge in [-0.15, -0.1) is 11.3 Å². The van der Waals surface area contributed by atoms with Gasteiger partial charge in [0.15, 0.2) is 0 Å². The minimum absolute atomic E-state index is 0.420. The van der Waals surface area contributed by atoms with Gasteiger partial charge in [-0.05, 0) is 35.6 Å². The third-order valence-electron chi connectivity index (χ3n) is 2.64. The molecule has 0 amide bonds. The predicted octanol–water partition coefficient (Wildman–Crippen LogP) is 4.10. The molecule has 3 heteroatoms. The van der Waals surface area contributed by atoms with Crippen molar-refractivity contribution in [3.8, 4) is 0 Å². The lowest BCUT2D eigenvalue weighted by Gasteiger charge is -2.13. The number of aliphatic hydroxyl groups is 1. The fraction of sp³-hybridized carbons (Fsp3) is 0.231. The van der Waals surface area contributed by atoms with Gasteiger partial charge in [0.1, 0.15) is 0 Å². The molecule has 0 saturated heterocycles. The van der Waals surface area contributed by atoms with Crippen molar-refractivity contribution < 1.29 is 5.11 Å². The first-order valence-corrected chi connectivity index (χ1v) is 6.81. The highest BCUT2D eigenvalue weighted by molar-refractivity contribution is 9.10. The minimum atomic E-state index is -0.420. The Morgan fingerprint density at radius 3 is 2.81 bits per heavy atom. The predicted molar refractivity (Wildman–Crippen MR) is 71.9 cm³/mol. The molecule has 1 heterocycles. The molecule has 1 atom stereocenters. The van der Waals surface area contributed by atoms with E-state index >= 15 is 0 Å². The average Bonchev–Trinajstić information content (AvgIpc) is 2.74. The monoisotopic (exact) mass is 296 g/mol. The Bertz CT molecular complexity index is 465. The van der Waals surface area contributed by atoms with Gasteiger partial charge in [0.2, 0.25) is 0 Å². The smallest absolute Gasteiger partial charge is 0.0841 e. The Kier molecular flexibility index (Phi) is 3.79. The van der Waals surface area contributed by atoms with E-state index in [2.05, 4.69) is 22.0 Å². The van der Waals surface area contributed by atoms with Gasteiger partial charge < -0.3 is 5.11 Å². The van der Waals surface area contributed by atoms with Gasteiger partial charge in [0.05, 0.1) is 6.10 Å². The summed E-state index contributed by atoms with van der Waals surface area (Å²) < 4.78 is 1.05. The van der Waals surface area contributed by atoms with E-state index < -0.39 is 6.10 Å². The quantitative estimate of drug-likeness (QED) is 0.904. The topological polar surface area (TPSA) is 20.2 Å². The van der Waals surface area contributed by atoms with Crippen LogP contribution in [0.1, 0.15) is 22.1 Å². The van der Waals surface area contributed by atoms with Crippen LogP contribution in [0.2, 0.25) is 0 Å². The molecule has 1 unspecified atom stereocenters. The number of benzene rings is 1. The summed E-state index contributed by atoms with van der Waals surface area (Å²) in [6.45, 7) is 2.02. The van der Waals surface area contributed by atoms with Crippen LogP contribution in [0.3, 0.4) is 0 Å². The second kappa shape index (κ2) is 5.13. The molecule has 2 aromatic rings. The molecule has 0 spiro atoms. The molecule has 0 saturated carbocycles. The summed E-state index contributed by atoms with van der Waals surface area (Å²) in [7, 11) is 0. The van der Waals surface area contributed by atoms with Gasteiger partial charge in [-0.25, -0.2) is 0 Å². The molecule has 0 radical (unpaired) electrons. The first kappa shape index (κ1) is 11.8. The van der Waals surface area contributed by atoms with Crippen molar-refractivity contribution in [2.24, 2.45) is 0 Å². The average molecular weight is 297 g/mol. The zero-order valence-electron chi connectivity index (χ0n) is 8.98. The second-order valence-electron chi connectivity index (χ2n) is 3.75. The number of rotatable bonds is 3. The lowest BCUT2D eigenvalue weighted by molar-refractivity contribution is 0.178. The maximum atomic E-state index is 10.2. The minimum Gasteiger partial charge on any atom is -0.388 e. The van der Waals surface area contributed by atoms with E-state index in [0.717, 1.165) is 15.6 Å². The molecule has 0 aliphatic heterocycles. The summed E-state index contributed by atoms with van der Waals surface area (Å²) in [6, 6.07) is 10.0. The van der Waals surface area contributed by atoms with E-state index in [0.29, 0.717) is 6.42 Å². The van der Waals surface area contributed by atoms with Crippen LogP contribution in [0.15, 0.2) is 40.2 Å². The Morgan fingerprint density at radius 1 is 1.31 bits per heavy atom. The summed E-state index contributed by atoms with van der Waals surface area (Å²) in [5, 5.41) is 12.2. The fourth-order valence-corrected chi connectivity index (χ4v) is 2.84. The zero-order valence-corrected chi connectivity index (χ0v) is 11.4. The van der Waals surface area contributed by atoms with E-state index in [1.807, 2.05) is 36.6 Å². The number of hydrogen-bond acceptors (Lipinski definition) is 2. The lowest BCUT2D eigenvalue weighted by Crippen LogP contribution is -2.03. The number of aliphatic hydroxyl groups excluding tert-OH is 1. The van der Waals surface area contributed by atoms with Crippen molar-refractivity contribution in [2.45, 2.75) is 19.4 Å². The fourth-order valence-electron chi connectivity index (χ4n) is 1.71. The van der Waals surface area contributed by atoms with E-state index in [-0.39, 0.29) is 0 Å².